The Morgan fingerprint density at radius 1 is 0.931 bits per heavy atom. The maximum atomic E-state index is 12.8. The molecule has 6 N–H and O–H groups in total. The molecule has 0 aromatic heterocycles. The summed E-state index contributed by atoms with van der Waals surface area (Å²) in [5.41, 5.74) is 5.56. The van der Waals surface area contributed by atoms with Crippen molar-refractivity contribution in [3.63, 3.8) is 0 Å². The summed E-state index contributed by atoms with van der Waals surface area (Å²) in [5.74, 6) is -2.54. The summed E-state index contributed by atoms with van der Waals surface area (Å²) in [6.07, 6.45) is 2.78. The summed E-state index contributed by atoms with van der Waals surface area (Å²) in [4.78, 5) is 48.9. The van der Waals surface area contributed by atoms with Gasteiger partial charge < -0.3 is 26.8 Å². The average Bonchev–Trinajstić information content (AvgIpc) is 2.65. The highest BCUT2D eigenvalue weighted by Gasteiger charge is 2.32. The van der Waals surface area contributed by atoms with Crippen LogP contribution in [-0.2, 0) is 19.2 Å². The summed E-state index contributed by atoms with van der Waals surface area (Å²) in [6, 6.07) is -3.58. The highest BCUT2D eigenvalue weighted by molar-refractivity contribution is 7.98. The number of amides is 3. The second-order valence-corrected chi connectivity index (χ2v) is 8.56. The number of carboxylic acids is 1. The molecule has 0 aromatic carbocycles. The lowest BCUT2D eigenvalue weighted by Crippen LogP contribution is -2.58. The van der Waals surface area contributed by atoms with Gasteiger partial charge in [0, 0.05) is 0 Å². The molecule has 0 aliphatic carbocycles. The van der Waals surface area contributed by atoms with Crippen LogP contribution >= 0.6 is 11.8 Å². The highest BCUT2D eigenvalue weighted by atomic mass is 32.2. The summed E-state index contributed by atoms with van der Waals surface area (Å²) < 4.78 is 0. The first-order chi connectivity index (χ1) is 13.5. The zero-order chi connectivity index (χ0) is 22.7. The van der Waals surface area contributed by atoms with Gasteiger partial charge in [-0.05, 0) is 37.2 Å². The summed E-state index contributed by atoms with van der Waals surface area (Å²) >= 11 is 1.51. The van der Waals surface area contributed by atoms with Crippen molar-refractivity contribution in [2.75, 3.05) is 12.0 Å². The lowest BCUT2D eigenvalue weighted by atomic mass is 9.98. The number of nitrogens with two attached hydrogens (primary N) is 1. The Kier molecular flexibility index (Phi) is 12.6. The van der Waals surface area contributed by atoms with Gasteiger partial charge >= 0.3 is 5.97 Å². The molecule has 5 atom stereocenters. The minimum Gasteiger partial charge on any atom is -0.480 e. The van der Waals surface area contributed by atoms with E-state index in [0.29, 0.717) is 18.6 Å². The molecule has 29 heavy (non-hydrogen) atoms. The van der Waals surface area contributed by atoms with Gasteiger partial charge in [-0.15, -0.1) is 0 Å². The first-order valence-corrected chi connectivity index (χ1v) is 11.2. The molecule has 0 aliphatic rings. The molecule has 0 bridgehead atoms. The molecule has 3 amide bonds. The maximum absolute atomic E-state index is 12.8. The normalized spacial score (nSPS) is 16.3. The number of carboxylic acid groups (broad SMARTS) is 1. The molecule has 0 heterocycles. The van der Waals surface area contributed by atoms with Crippen molar-refractivity contribution in [2.45, 2.75) is 71.6 Å². The summed E-state index contributed by atoms with van der Waals surface area (Å²) in [5, 5.41) is 17.2. The van der Waals surface area contributed by atoms with Gasteiger partial charge in [-0.2, -0.15) is 11.8 Å². The van der Waals surface area contributed by atoms with E-state index in [1.807, 2.05) is 13.2 Å². The first-order valence-electron chi connectivity index (χ1n) is 9.84. The fourth-order valence-corrected chi connectivity index (χ4v) is 2.99. The summed E-state index contributed by atoms with van der Waals surface area (Å²) in [6.45, 7) is 8.64. The monoisotopic (exact) mass is 432 g/mol. The van der Waals surface area contributed by atoms with E-state index in [0.717, 1.165) is 0 Å². The number of carbonyl (C=O) groups excluding carboxylic acids is 3. The van der Waals surface area contributed by atoms with Crippen molar-refractivity contribution in [3.8, 4) is 0 Å². The van der Waals surface area contributed by atoms with Crippen molar-refractivity contribution in [1.29, 1.82) is 0 Å². The molecule has 0 fully saturated rings. The third-order valence-corrected chi connectivity index (χ3v) is 5.32. The van der Waals surface area contributed by atoms with Crippen LogP contribution in [0.1, 0.15) is 47.5 Å². The smallest absolute Gasteiger partial charge is 0.326 e. The van der Waals surface area contributed by atoms with E-state index in [-0.39, 0.29) is 11.8 Å². The Balaban J connectivity index is 5.37. The van der Waals surface area contributed by atoms with Crippen LogP contribution in [0.15, 0.2) is 0 Å². The van der Waals surface area contributed by atoms with Crippen LogP contribution in [0.3, 0.4) is 0 Å². The van der Waals surface area contributed by atoms with Gasteiger partial charge in [-0.3, -0.25) is 14.4 Å². The van der Waals surface area contributed by atoms with Crippen LogP contribution in [0.5, 0.6) is 0 Å². The molecule has 0 rings (SSSR count). The molecule has 10 heteroatoms. The van der Waals surface area contributed by atoms with Crippen molar-refractivity contribution in [2.24, 2.45) is 17.6 Å². The predicted molar refractivity (Wildman–Crippen MR) is 114 cm³/mol. The zero-order valence-corrected chi connectivity index (χ0v) is 19.0. The molecule has 0 radical (unpaired) electrons. The van der Waals surface area contributed by atoms with E-state index in [1.165, 1.54) is 18.7 Å². The van der Waals surface area contributed by atoms with E-state index in [1.54, 1.807) is 20.8 Å². The Bertz CT molecular complexity index is 571. The van der Waals surface area contributed by atoms with Gasteiger partial charge in [0.25, 0.3) is 0 Å². The van der Waals surface area contributed by atoms with Crippen LogP contribution < -0.4 is 21.7 Å². The first kappa shape index (κ1) is 27.2. The predicted octanol–water partition coefficient (Wildman–Crippen LogP) is 0.328. The second-order valence-electron chi connectivity index (χ2n) is 7.57. The number of hydrogen-bond acceptors (Lipinski definition) is 6. The molecule has 9 nitrogen and oxygen atoms in total. The van der Waals surface area contributed by atoms with E-state index in [2.05, 4.69) is 16.0 Å². The number of thioether (sulfide) groups is 1. The average molecular weight is 433 g/mol. The topological polar surface area (TPSA) is 151 Å². The zero-order valence-electron chi connectivity index (χ0n) is 18.2. The van der Waals surface area contributed by atoms with Gasteiger partial charge in [0.2, 0.25) is 17.7 Å². The van der Waals surface area contributed by atoms with E-state index < -0.39 is 47.9 Å². The van der Waals surface area contributed by atoms with Crippen LogP contribution in [0.25, 0.3) is 0 Å². The van der Waals surface area contributed by atoms with Gasteiger partial charge in [0.1, 0.15) is 18.1 Å². The summed E-state index contributed by atoms with van der Waals surface area (Å²) in [7, 11) is 0. The molecular formula is C19H36N4O5S. The van der Waals surface area contributed by atoms with E-state index in [4.69, 9.17) is 5.73 Å². The van der Waals surface area contributed by atoms with Crippen LogP contribution in [0.4, 0.5) is 0 Å². The third kappa shape index (κ3) is 9.49. The molecule has 0 aliphatic heterocycles. The van der Waals surface area contributed by atoms with Gasteiger partial charge in [0.15, 0.2) is 0 Å². The second kappa shape index (κ2) is 13.4. The maximum Gasteiger partial charge on any atom is 0.326 e. The molecule has 0 aromatic rings. The van der Waals surface area contributed by atoms with Crippen molar-refractivity contribution >= 4 is 35.5 Å². The number of rotatable bonds is 13. The third-order valence-electron chi connectivity index (χ3n) is 4.68. The number of hydrogen-bond donors (Lipinski definition) is 5. The Hall–Kier alpha value is -1.81. The van der Waals surface area contributed by atoms with Crippen LogP contribution in [0.2, 0.25) is 0 Å². The van der Waals surface area contributed by atoms with Crippen LogP contribution in [0, 0.1) is 11.8 Å². The van der Waals surface area contributed by atoms with Crippen molar-refractivity contribution < 1.29 is 24.3 Å². The Morgan fingerprint density at radius 2 is 1.48 bits per heavy atom. The van der Waals surface area contributed by atoms with Crippen molar-refractivity contribution in [1.82, 2.24) is 16.0 Å². The SMILES string of the molecule is CCC(C)C(NC(=O)C(CCSC)NC(=O)C(NC(=O)C(C)N)C(C)C)C(=O)O. The lowest BCUT2D eigenvalue weighted by Gasteiger charge is -2.27. The number of nitrogens with one attached hydrogen (secondary N) is 3. The molecule has 5 unspecified atom stereocenters. The van der Waals surface area contributed by atoms with Crippen LogP contribution in [-0.4, -0.2) is 65.0 Å². The Morgan fingerprint density at radius 3 is 1.90 bits per heavy atom. The quantitative estimate of drug-likeness (QED) is 0.281. The lowest BCUT2D eigenvalue weighted by molar-refractivity contribution is -0.143. The van der Waals surface area contributed by atoms with E-state index in [9.17, 15) is 24.3 Å². The van der Waals surface area contributed by atoms with Gasteiger partial charge in [-0.25, -0.2) is 4.79 Å². The largest absolute Gasteiger partial charge is 0.480 e. The van der Waals surface area contributed by atoms with Gasteiger partial charge in [-0.1, -0.05) is 34.1 Å². The fourth-order valence-electron chi connectivity index (χ4n) is 2.52. The minimum atomic E-state index is -1.12. The molecule has 0 saturated carbocycles. The van der Waals surface area contributed by atoms with Gasteiger partial charge in [0.05, 0.1) is 6.04 Å². The number of carbonyl (C=O) groups is 4. The molecular weight excluding hydrogens is 396 g/mol. The highest BCUT2D eigenvalue weighted by Crippen LogP contribution is 2.10. The Labute approximate surface area is 177 Å². The molecule has 168 valence electrons. The minimum absolute atomic E-state index is 0.228. The molecule has 0 spiro atoms. The number of aliphatic carboxylic acids is 1. The van der Waals surface area contributed by atoms with E-state index >= 15 is 0 Å². The molecule has 0 saturated heterocycles. The standard InChI is InChI=1S/C19H36N4O5S/c1-7-11(4)15(19(27)28)23-17(25)13(8-9-29-6)21-18(26)14(10(2)3)22-16(24)12(5)20/h10-15H,7-9,20H2,1-6H3,(H,21,26)(H,22,24)(H,23,25)(H,27,28). The van der Waals surface area contributed by atoms with Crippen molar-refractivity contribution in [3.05, 3.63) is 0 Å². The fraction of sp³-hybridized carbons (Fsp3) is 0.789.